The lowest BCUT2D eigenvalue weighted by atomic mass is 9.87. The minimum atomic E-state index is 0.898. The molecule has 0 bridgehead atoms. The molecule has 3 rings (SSSR count). The number of allylic oxidation sites excluding steroid dienone is 2. The van der Waals surface area contributed by atoms with Crippen molar-refractivity contribution >= 4 is 11.4 Å². The molecule has 0 amide bonds. The van der Waals surface area contributed by atoms with Gasteiger partial charge in [-0.3, -0.25) is 0 Å². The molecule has 0 atom stereocenters. The first-order valence-electron chi connectivity index (χ1n) is 17.7. The smallest absolute Gasteiger partial charge is 0.207 e. The summed E-state index contributed by atoms with van der Waals surface area (Å²) in [5.74, 6) is 0. The fraction of sp³-hybridized carbons (Fsp3) is 0.600. The molecule has 42 heavy (non-hydrogen) atoms. The molecule has 0 N–H and O–H groups in total. The molecule has 0 aliphatic carbocycles. The second-order valence-corrected chi connectivity index (χ2v) is 12.5. The van der Waals surface area contributed by atoms with E-state index in [1.165, 1.54) is 122 Å². The predicted molar refractivity (Wildman–Crippen MR) is 184 cm³/mol. The van der Waals surface area contributed by atoms with E-state index in [4.69, 9.17) is 0 Å². The number of hydrogen-bond donors (Lipinski definition) is 0. The molecule has 230 valence electrons. The van der Waals surface area contributed by atoms with Crippen LogP contribution in [0.1, 0.15) is 163 Å². The molecule has 1 aliphatic heterocycles. The van der Waals surface area contributed by atoms with Gasteiger partial charge in [0.15, 0.2) is 0 Å². The Morgan fingerprint density at radius 2 is 0.857 bits per heavy atom. The van der Waals surface area contributed by atoms with Crippen molar-refractivity contribution in [2.24, 2.45) is 0 Å². The van der Waals surface area contributed by atoms with Gasteiger partial charge in [0, 0.05) is 23.3 Å². The molecule has 0 spiro atoms. The van der Waals surface area contributed by atoms with Gasteiger partial charge in [0.05, 0.1) is 0 Å². The largest absolute Gasteiger partial charge is 0.493 e. The van der Waals surface area contributed by atoms with E-state index in [1.54, 1.807) is 5.56 Å². The Bertz CT molecular complexity index is 1150. The van der Waals surface area contributed by atoms with Gasteiger partial charge in [0.1, 0.15) is 0 Å². The Morgan fingerprint density at radius 1 is 0.452 bits per heavy atom. The second kappa shape index (κ2) is 18.2. The maximum Gasteiger partial charge on any atom is 0.207 e. The van der Waals surface area contributed by atoms with Crippen molar-refractivity contribution < 1.29 is 4.70 Å². The lowest BCUT2D eigenvalue weighted by Gasteiger charge is -2.19. The lowest BCUT2D eigenvalue weighted by Crippen LogP contribution is -2.08. The Balaban J connectivity index is 1.97. The molecule has 2 heteroatoms. The van der Waals surface area contributed by atoms with Gasteiger partial charge in [-0.05, 0) is 115 Å². The van der Waals surface area contributed by atoms with E-state index in [0.717, 1.165) is 49.1 Å². The molecule has 0 fully saturated rings. The molecule has 2 nitrogen and oxygen atoms in total. The summed E-state index contributed by atoms with van der Waals surface area (Å²) in [5, 5.41) is 0. The summed E-state index contributed by atoms with van der Waals surface area (Å²) in [4.78, 5) is 0. The fourth-order valence-corrected chi connectivity index (χ4v) is 6.82. The molecule has 0 saturated heterocycles. The van der Waals surface area contributed by atoms with E-state index < -0.39 is 0 Å². The number of aryl methyl sites for hydroxylation is 4. The quantitative estimate of drug-likeness (QED) is 0.112. The van der Waals surface area contributed by atoms with Crippen LogP contribution in [0.4, 0.5) is 0 Å². The molecule has 0 saturated carbocycles. The Labute approximate surface area is 259 Å². The molecule has 1 heterocycles. The normalized spacial score (nSPS) is 13.1. The van der Waals surface area contributed by atoms with Crippen LogP contribution in [0.3, 0.4) is 0 Å². The third-order valence-electron chi connectivity index (χ3n) is 9.31. The van der Waals surface area contributed by atoms with Gasteiger partial charge in [0.25, 0.3) is 0 Å². The molecular weight excluding hydrogens is 508 g/mol. The monoisotopic (exact) mass is 568 g/mol. The zero-order chi connectivity index (χ0) is 30.3. The van der Waals surface area contributed by atoms with Gasteiger partial charge in [-0.15, -0.1) is 0 Å². The third kappa shape index (κ3) is 9.01. The molecular formula is C40H60N2. The van der Waals surface area contributed by atoms with Crippen LogP contribution >= 0.6 is 0 Å². The highest BCUT2D eigenvalue weighted by Crippen LogP contribution is 2.35. The van der Waals surface area contributed by atoms with E-state index in [-0.39, 0.29) is 0 Å². The number of rotatable bonds is 20. The van der Waals surface area contributed by atoms with E-state index in [9.17, 15) is 5.53 Å². The van der Waals surface area contributed by atoms with Crippen LogP contribution in [0.15, 0.2) is 36.4 Å². The lowest BCUT2D eigenvalue weighted by molar-refractivity contribution is -0.344. The fourth-order valence-electron chi connectivity index (χ4n) is 6.82. The van der Waals surface area contributed by atoms with Crippen LogP contribution in [-0.4, -0.2) is 4.70 Å². The molecule has 2 aromatic rings. The maximum absolute atomic E-state index is 11.6. The van der Waals surface area contributed by atoms with Crippen LogP contribution < -0.4 is 0 Å². The van der Waals surface area contributed by atoms with Crippen LogP contribution in [0.25, 0.3) is 16.9 Å². The Hall–Kier alpha value is -2.48. The van der Waals surface area contributed by atoms with Crippen LogP contribution in [0.2, 0.25) is 0 Å². The summed E-state index contributed by atoms with van der Waals surface area (Å²) in [7, 11) is 0. The summed E-state index contributed by atoms with van der Waals surface area (Å²) >= 11 is 0. The highest BCUT2D eigenvalue weighted by Gasteiger charge is 2.26. The van der Waals surface area contributed by atoms with E-state index >= 15 is 0 Å². The van der Waals surface area contributed by atoms with E-state index in [0.29, 0.717) is 0 Å². The zero-order valence-electron chi connectivity index (χ0n) is 28.1. The number of nitrogens with zero attached hydrogens (tertiary/aromatic N) is 2. The van der Waals surface area contributed by atoms with Gasteiger partial charge in [-0.25, -0.2) is 4.70 Å². The third-order valence-corrected chi connectivity index (χ3v) is 9.31. The van der Waals surface area contributed by atoms with Gasteiger partial charge in [0.2, 0.25) is 11.4 Å². The zero-order valence-corrected chi connectivity index (χ0v) is 28.1. The first-order chi connectivity index (χ1) is 20.5. The van der Waals surface area contributed by atoms with Crippen LogP contribution in [0.5, 0.6) is 0 Å². The average molecular weight is 569 g/mol. The molecule has 0 unspecified atom stereocenters. The van der Waals surface area contributed by atoms with Crippen LogP contribution in [0, 0.1) is 0 Å². The number of unbranched alkanes of at least 4 members (excludes halogenated alkanes) is 9. The summed E-state index contributed by atoms with van der Waals surface area (Å²) in [6.07, 6.45) is 26.3. The predicted octanol–water partition coefficient (Wildman–Crippen LogP) is 12.2. The van der Waals surface area contributed by atoms with Gasteiger partial charge >= 0.3 is 0 Å². The summed E-state index contributed by atoms with van der Waals surface area (Å²) in [6, 6.07) is 9.47. The van der Waals surface area contributed by atoms with Crippen molar-refractivity contribution in [1.82, 2.24) is 0 Å². The molecule has 2 aromatic carbocycles. The summed E-state index contributed by atoms with van der Waals surface area (Å²) in [6.45, 7) is 13.6. The second-order valence-electron chi connectivity index (χ2n) is 12.5. The Kier molecular flexibility index (Phi) is 14.8. The van der Waals surface area contributed by atoms with Gasteiger partial charge in [-0.1, -0.05) is 99.3 Å². The highest BCUT2D eigenvalue weighted by molar-refractivity contribution is 5.76. The van der Waals surface area contributed by atoms with Crippen molar-refractivity contribution in [2.45, 2.75) is 157 Å². The standard InChI is InChI=1S/C40H60N2/c1-7-13-16-19-22-33-29-36(30-34(23-20-17-14-8-2)38(33)24-21-18-15-9-3)40-26-25-39(42(40)41)35-27-31(10-4)37(12-6)32(11-5)28-35/h25-30H,7-24H2,1-6H3. The maximum atomic E-state index is 11.6. The van der Waals surface area contributed by atoms with Crippen molar-refractivity contribution in [3.8, 4) is 0 Å². The number of hydrogen-bond acceptors (Lipinski definition) is 0. The molecule has 0 radical (unpaired) electrons. The highest BCUT2D eigenvalue weighted by atomic mass is 15.2. The first-order valence-corrected chi connectivity index (χ1v) is 17.7. The minimum Gasteiger partial charge on any atom is -0.493 e. The summed E-state index contributed by atoms with van der Waals surface area (Å²) in [5.41, 5.74) is 24.7. The number of benzene rings is 2. The van der Waals surface area contributed by atoms with E-state index in [1.807, 2.05) is 0 Å². The average Bonchev–Trinajstić information content (AvgIpc) is 3.40. The van der Waals surface area contributed by atoms with Crippen molar-refractivity contribution in [2.75, 3.05) is 0 Å². The van der Waals surface area contributed by atoms with Gasteiger partial charge in [-0.2, -0.15) is 0 Å². The topological polar surface area (TPSA) is 25.3 Å². The SMILES string of the molecule is CCCCCCc1cc(C2=CC=C(c3cc(CC)c(CC)c(CC)c3)[N+]2=[N-])cc(CCCCCC)c1CCCCCC. The summed E-state index contributed by atoms with van der Waals surface area (Å²) < 4.78 is 1.47. The first kappa shape index (κ1) is 34.0. The van der Waals surface area contributed by atoms with Crippen molar-refractivity contribution in [3.05, 3.63) is 86.5 Å². The minimum absolute atomic E-state index is 0.898. The van der Waals surface area contributed by atoms with Crippen molar-refractivity contribution in [1.29, 1.82) is 0 Å². The van der Waals surface area contributed by atoms with E-state index in [2.05, 4.69) is 78.0 Å². The van der Waals surface area contributed by atoms with Crippen LogP contribution in [-0.2, 0) is 38.5 Å². The molecule has 1 aliphatic rings. The Morgan fingerprint density at radius 3 is 1.24 bits per heavy atom. The molecule has 0 aromatic heterocycles. The van der Waals surface area contributed by atoms with Gasteiger partial charge < -0.3 is 5.53 Å². The van der Waals surface area contributed by atoms with Crippen molar-refractivity contribution in [3.63, 3.8) is 0 Å².